The summed E-state index contributed by atoms with van der Waals surface area (Å²) in [6.45, 7) is 3.95. The normalized spacial score (nSPS) is 10.4. The minimum absolute atomic E-state index is 0.379. The van der Waals surface area contributed by atoms with Crippen molar-refractivity contribution in [2.24, 2.45) is 0 Å². The molecular weight excluding hydrogens is 228 g/mol. The summed E-state index contributed by atoms with van der Waals surface area (Å²) >= 11 is 0. The van der Waals surface area contributed by atoms with Gasteiger partial charge in [0.2, 0.25) is 0 Å². The van der Waals surface area contributed by atoms with E-state index < -0.39 is 0 Å². The number of benzene rings is 1. The van der Waals surface area contributed by atoms with E-state index in [2.05, 4.69) is 12.0 Å². The number of aromatic nitrogens is 2. The Bertz CT molecular complexity index is 556. The lowest BCUT2D eigenvalue weighted by molar-refractivity contribution is 0.0590. The summed E-state index contributed by atoms with van der Waals surface area (Å²) in [5.41, 5.74) is 3.34. The molecule has 94 valence electrons. The number of methoxy groups -OCH3 is 1. The summed E-state index contributed by atoms with van der Waals surface area (Å²) in [4.78, 5) is 11.7. The summed E-state index contributed by atoms with van der Waals surface area (Å²) in [6, 6.07) is 9.70. The second-order valence-corrected chi connectivity index (χ2v) is 4.09. The van der Waals surface area contributed by atoms with Crippen molar-refractivity contribution in [1.29, 1.82) is 0 Å². The van der Waals surface area contributed by atoms with Crippen molar-refractivity contribution >= 4 is 5.97 Å². The molecule has 1 heterocycles. The van der Waals surface area contributed by atoms with Crippen LogP contribution < -0.4 is 0 Å². The Kier molecular flexibility index (Phi) is 3.46. The summed E-state index contributed by atoms with van der Waals surface area (Å²) < 4.78 is 6.37. The number of esters is 1. The van der Waals surface area contributed by atoms with E-state index in [0.29, 0.717) is 5.69 Å². The fourth-order valence-electron chi connectivity index (χ4n) is 1.82. The Morgan fingerprint density at radius 2 is 2.00 bits per heavy atom. The molecule has 4 nitrogen and oxygen atoms in total. The summed E-state index contributed by atoms with van der Waals surface area (Å²) in [5, 5.41) is 4.32. The number of ether oxygens (including phenoxy) is 1. The average Bonchev–Trinajstić information content (AvgIpc) is 2.80. The third-order valence-electron chi connectivity index (χ3n) is 2.82. The Hall–Kier alpha value is -2.10. The van der Waals surface area contributed by atoms with Gasteiger partial charge in [0.25, 0.3) is 0 Å². The van der Waals surface area contributed by atoms with E-state index in [-0.39, 0.29) is 5.97 Å². The molecule has 0 saturated heterocycles. The third-order valence-corrected chi connectivity index (χ3v) is 2.82. The number of hydrogen-bond acceptors (Lipinski definition) is 3. The molecular formula is C14H16N2O2. The topological polar surface area (TPSA) is 44.1 Å². The highest BCUT2D eigenvalue weighted by Gasteiger charge is 2.15. The minimum Gasteiger partial charge on any atom is -0.464 e. The van der Waals surface area contributed by atoms with Crippen LogP contribution >= 0.6 is 0 Å². The highest BCUT2D eigenvalue weighted by molar-refractivity contribution is 5.88. The van der Waals surface area contributed by atoms with E-state index in [1.54, 1.807) is 10.7 Å². The third kappa shape index (κ3) is 2.27. The highest BCUT2D eigenvalue weighted by Crippen LogP contribution is 2.14. The maximum Gasteiger partial charge on any atom is 0.356 e. The van der Waals surface area contributed by atoms with Crippen LogP contribution in [0, 0.1) is 6.92 Å². The van der Waals surface area contributed by atoms with E-state index in [4.69, 9.17) is 4.74 Å². The lowest BCUT2D eigenvalue weighted by atomic mass is 10.1. The molecule has 0 aliphatic rings. The SMILES string of the molecule is CCc1ccc(-n2nc(C)cc2C(=O)OC)cc1. The summed E-state index contributed by atoms with van der Waals surface area (Å²) in [5.74, 6) is -0.379. The lowest BCUT2D eigenvalue weighted by Crippen LogP contribution is -2.10. The van der Waals surface area contributed by atoms with E-state index in [1.165, 1.54) is 12.7 Å². The van der Waals surface area contributed by atoms with Crippen LogP contribution in [0.1, 0.15) is 28.7 Å². The molecule has 0 spiro atoms. The van der Waals surface area contributed by atoms with Gasteiger partial charge in [-0.2, -0.15) is 5.10 Å². The van der Waals surface area contributed by atoms with E-state index in [1.807, 2.05) is 31.2 Å². The van der Waals surface area contributed by atoms with Crippen LogP contribution in [-0.4, -0.2) is 22.9 Å². The number of carbonyl (C=O) groups is 1. The second-order valence-electron chi connectivity index (χ2n) is 4.09. The van der Waals surface area contributed by atoms with Crippen LogP contribution in [0.2, 0.25) is 0 Å². The maximum absolute atomic E-state index is 11.7. The van der Waals surface area contributed by atoms with Crippen molar-refractivity contribution in [2.45, 2.75) is 20.3 Å². The standard InChI is InChI=1S/C14H16N2O2/c1-4-11-5-7-12(8-6-11)16-13(14(17)18-3)9-10(2)15-16/h5-9H,4H2,1-3H3. The number of rotatable bonds is 3. The number of nitrogens with zero attached hydrogens (tertiary/aromatic N) is 2. The molecule has 0 unspecified atom stereocenters. The number of hydrogen-bond donors (Lipinski definition) is 0. The Morgan fingerprint density at radius 3 is 2.56 bits per heavy atom. The van der Waals surface area contributed by atoms with Crippen LogP contribution in [0.15, 0.2) is 30.3 Å². The largest absolute Gasteiger partial charge is 0.464 e. The first kappa shape index (κ1) is 12.4. The van der Waals surface area contributed by atoms with Crippen LogP contribution in [-0.2, 0) is 11.2 Å². The van der Waals surface area contributed by atoms with Gasteiger partial charge in [0.1, 0.15) is 0 Å². The first-order valence-corrected chi connectivity index (χ1v) is 5.90. The Labute approximate surface area is 106 Å². The summed E-state index contributed by atoms with van der Waals surface area (Å²) in [7, 11) is 1.37. The van der Waals surface area contributed by atoms with Crippen LogP contribution in [0.4, 0.5) is 0 Å². The molecule has 0 fully saturated rings. The van der Waals surface area contributed by atoms with Crippen LogP contribution in [0.3, 0.4) is 0 Å². The predicted molar refractivity (Wildman–Crippen MR) is 69.0 cm³/mol. The monoisotopic (exact) mass is 244 g/mol. The van der Waals surface area contributed by atoms with Gasteiger partial charge >= 0.3 is 5.97 Å². The molecule has 2 aromatic rings. The van der Waals surface area contributed by atoms with Crippen molar-refractivity contribution in [1.82, 2.24) is 9.78 Å². The molecule has 4 heteroatoms. The molecule has 0 aliphatic carbocycles. The average molecular weight is 244 g/mol. The molecule has 0 saturated carbocycles. The van der Waals surface area contributed by atoms with E-state index >= 15 is 0 Å². The molecule has 1 aromatic heterocycles. The van der Waals surface area contributed by atoms with Gasteiger partial charge in [-0.15, -0.1) is 0 Å². The second kappa shape index (κ2) is 5.04. The quantitative estimate of drug-likeness (QED) is 0.779. The Balaban J connectivity index is 2.45. The molecule has 1 aromatic carbocycles. The first-order valence-electron chi connectivity index (χ1n) is 5.90. The van der Waals surface area contributed by atoms with Gasteiger partial charge in [0.15, 0.2) is 5.69 Å². The van der Waals surface area contributed by atoms with Crippen LogP contribution in [0.25, 0.3) is 5.69 Å². The molecule has 0 bridgehead atoms. The van der Waals surface area contributed by atoms with Crippen molar-refractivity contribution in [3.05, 3.63) is 47.3 Å². The zero-order valence-electron chi connectivity index (χ0n) is 10.8. The van der Waals surface area contributed by atoms with Crippen molar-refractivity contribution in [2.75, 3.05) is 7.11 Å². The van der Waals surface area contributed by atoms with Gasteiger partial charge in [-0.25, -0.2) is 9.48 Å². The number of aryl methyl sites for hydroxylation is 2. The van der Waals surface area contributed by atoms with Gasteiger partial charge < -0.3 is 4.74 Å². The fourth-order valence-corrected chi connectivity index (χ4v) is 1.82. The van der Waals surface area contributed by atoms with E-state index in [9.17, 15) is 4.79 Å². The van der Waals surface area contributed by atoms with Gasteiger partial charge in [0, 0.05) is 0 Å². The zero-order valence-corrected chi connectivity index (χ0v) is 10.8. The van der Waals surface area contributed by atoms with Crippen molar-refractivity contribution < 1.29 is 9.53 Å². The molecule has 0 N–H and O–H groups in total. The highest BCUT2D eigenvalue weighted by atomic mass is 16.5. The van der Waals surface area contributed by atoms with Crippen molar-refractivity contribution in [3.8, 4) is 5.69 Å². The number of carbonyl (C=O) groups excluding carboxylic acids is 1. The molecule has 0 amide bonds. The van der Waals surface area contributed by atoms with Gasteiger partial charge in [-0.3, -0.25) is 0 Å². The molecule has 0 aliphatic heterocycles. The molecule has 18 heavy (non-hydrogen) atoms. The van der Waals surface area contributed by atoms with Gasteiger partial charge in [-0.1, -0.05) is 19.1 Å². The van der Waals surface area contributed by atoms with Crippen molar-refractivity contribution in [3.63, 3.8) is 0 Å². The summed E-state index contributed by atoms with van der Waals surface area (Å²) in [6.07, 6.45) is 0.988. The maximum atomic E-state index is 11.7. The smallest absolute Gasteiger partial charge is 0.356 e. The Morgan fingerprint density at radius 1 is 1.33 bits per heavy atom. The van der Waals surface area contributed by atoms with E-state index in [0.717, 1.165) is 17.8 Å². The lowest BCUT2D eigenvalue weighted by Gasteiger charge is -2.06. The fraction of sp³-hybridized carbons (Fsp3) is 0.286. The minimum atomic E-state index is -0.379. The predicted octanol–water partition coefficient (Wildman–Crippen LogP) is 2.53. The molecule has 0 atom stereocenters. The molecule has 2 rings (SSSR count). The zero-order chi connectivity index (χ0) is 13.1. The first-order chi connectivity index (χ1) is 8.65. The van der Waals surface area contributed by atoms with Gasteiger partial charge in [-0.05, 0) is 37.1 Å². The van der Waals surface area contributed by atoms with Crippen LogP contribution in [0.5, 0.6) is 0 Å². The van der Waals surface area contributed by atoms with Gasteiger partial charge in [0.05, 0.1) is 18.5 Å². The molecule has 0 radical (unpaired) electrons.